The van der Waals surface area contributed by atoms with E-state index in [-0.39, 0.29) is 30.0 Å². The van der Waals surface area contributed by atoms with E-state index in [1.165, 1.54) is 6.08 Å². The summed E-state index contributed by atoms with van der Waals surface area (Å²) < 4.78 is 14.2. The van der Waals surface area contributed by atoms with E-state index >= 15 is 0 Å². The highest BCUT2D eigenvalue weighted by Gasteiger charge is 2.12. The number of carbonyl (C=O) groups excluding carboxylic acids is 2. The highest BCUT2D eigenvalue weighted by molar-refractivity contribution is 7.17. The lowest BCUT2D eigenvalue weighted by molar-refractivity contribution is -0.115. The van der Waals surface area contributed by atoms with Gasteiger partial charge in [0.1, 0.15) is 0 Å². The number of hydrogen-bond acceptors (Lipinski definition) is 3. The van der Waals surface area contributed by atoms with Crippen LogP contribution in [-0.2, 0) is 4.79 Å². The predicted molar refractivity (Wildman–Crippen MR) is 92.2 cm³/mol. The van der Waals surface area contributed by atoms with Crippen LogP contribution in [0.4, 0.5) is 4.39 Å². The average molecular weight is 326 g/mol. The van der Waals surface area contributed by atoms with Gasteiger partial charge in [-0.25, -0.2) is 0 Å². The first-order valence-electron chi connectivity index (χ1n) is 7.09. The molecule has 1 aromatic carbocycles. The Labute approximate surface area is 138 Å². The van der Waals surface area contributed by atoms with Crippen molar-refractivity contribution in [2.24, 2.45) is 0 Å². The molecule has 0 saturated carbocycles. The van der Waals surface area contributed by atoms with Crippen LogP contribution in [0.1, 0.15) is 30.1 Å². The van der Waals surface area contributed by atoms with E-state index in [0.29, 0.717) is 5.56 Å². The van der Waals surface area contributed by atoms with Crippen LogP contribution in [0.15, 0.2) is 53.2 Å². The molecule has 0 aliphatic rings. The molecule has 0 saturated heterocycles. The fraction of sp³-hybridized carbons (Fsp3) is 0.158. The second-order valence-corrected chi connectivity index (χ2v) is 5.85. The number of terminal acetylenes is 1. The van der Waals surface area contributed by atoms with E-state index in [1.807, 2.05) is 29.5 Å². The fourth-order valence-corrected chi connectivity index (χ4v) is 2.93. The van der Waals surface area contributed by atoms with Crippen LogP contribution >= 0.6 is 11.3 Å². The third kappa shape index (κ3) is 4.24. The molecule has 2 aromatic rings. The first-order valence-corrected chi connectivity index (χ1v) is 7.97. The molecule has 2 rings (SSSR count). The Kier molecular flexibility index (Phi) is 5.61. The first kappa shape index (κ1) is 16.9. The van der Waals surface area contributed by atoms with E-state index in [9.17, 15) is 14.0 Å². The number of ketones is 2. The number of fused-ring (bicyclic) bond motifs is 1. The third-order valence-electron chi connectivity index (χ3n) is 3.41. The summed E-state index contributed by atoms with van der Waals surface area (Å²) in [4.78, 5) is 24.2. The van der Waals surface area contributed by atoms with Gasteiger partial charge >= 0.3 is 0 Å². The molecule has 0 amide bonds. The molecule has 23 heavy (non-hydrogen) atoms. The van der Waals surface area contributed by atoms with Crippen molar-refractivity contribution >= 4 is 33.0 Å². The molecule has 0 fully saturated rings. The SMILES string of the molecule is C#CC(F)=CC(=CC)C(=O)CCC(=O)c1ccc2sccc2c1. The molecule has 1 heterocycles. The van der Waals surface area contributed by atoms with Gasteiger partial charge in [0, 0.05) is 28.7 Å². The minimum absolute atomic E-state index is 0.0224. The van der Waals surface area contributed by atoms with Crippen LogP contribution in [-0.4, -0.2) is 11.6 Å². The van der Waals surface area contributed by atoms with Gasteiger partial charge < -0.3 is 0 Å². The van der Waals surface area contributed by atoms with Crippen LogP contribution in [0.3, 0.4) is 0 Å². The maximum atomic E-state index is 13.1. The average Bonchev–Trinajstić information content (AvgIpc) is 3.04. The first-order chi connectivity index (χ1) is 11.0. The number of rotatable bonds is 6. The van der Waals surface area contributed by atoms with Crippen molar-refractivity contribution in [2.75, 3.05) is 0 Å². The zero-order chi connectivity index (χ0) is 16.8. The van der Waals surface area contributed by atoms with Crippen molar-refractivity contribution in [1.29, 1.82) is 0 Å². The van der Waals surface area contributed by atoms with Gasteiger partial charge in [0.15, 0.2) is 17.4 Å². The van der Waals surface area contributed by atoms with Crippen molar-refractivity contribution in [1.82, 2.24) is 0 Å². The largest absolute Gasteiger partial charge is 0.294 e. The zero-order valence-electron chi connectivity index (χ0n) is 12.6. The van der Waals surface area contributed by atoms with Gasteiger partial charge in [-0.15, -0.1) is 17.8 Å². The summed E-state index contributed by atoms with van der Waals surface area (Å²) in [5.41, 5.74) is 0.762. The maximum Gasteiger partial charge on any atom is 0.173 e. The summed E-state index contributed by atoms with van der Waals surface area (Å²) in [5, 5.41) is 2.98. The second kappa shape index (κ2) is 7.66. The normalized spacial score (nSPS) is 12.2. The molecule has 0 unspecified atom stereocenters. The summed E-state index contributed by atoms with van der Waals surface area (Å²) in [7, 11) is 0. The number of Topliss-reactive ketones (excluding diaryl/α,β-unsaturated/α-hetero) is 2. The number of halogens is 1. The summed E-state index contributed by atoms with van der Waals surface area (Å²) in [6.07, 6.45) is 7.53. The minimum Gasteiger partial charge on any atom is -0.294 e. The van der Waals surface area contributed by atoms with E-state index < -0.39 is 5.83 Å². The molecule has 0 atom stereocenters. The standard InChI is InChI=1S/C19H15FO2S/c1-3-13(12-16(20)4-2)17(21)6-7-18(22)14-5-8-19-15(11-14)9-10-23-19/h2-3,5,8-12H,6-7H2,1H3. The molecular formula is C19H15FO2S. The maximum absolute atomic E-state index is 13.1. The molecule has 0 bridgehead atoms. The Morgan fingerprint density at radius 1 is 1.30 bits per heavy atom. The Morgan fingerprint density at radius 3 is 2.78 bits per heavy atom. The topological polar surface area (TPSA) is 34.1 Å². The van der Waals surface area contributed by atoms with Crippen molar-refractivity contribution < 1.29 is 14.0 Å². The lowest BCUT2D eigenvalue weighted by Gasteiger charge is -2.03. The highest BCUT2D eigenvalue weighted by atomic mass is 32.1. The van der Waals surface area contributed by atoms with Gasteiger partial charge in [0.25, 0.3) is 0 Å². The van der Waals surface area contributed by atoms with Crippen molar-refractivity contribution in [3.63, 3.8) is 0 Å². The monoisotopic (exact) mass is 326 g/mol. The number of benzene rings is 1. The van der Waals surface area contributed by atoms with Crippen molar-refractivity contribution in [3.8, 4) is 12.3 Å². The van der Waals surface area contributed by atoms with Crippen LogP contribution in [0.5, 0.6) is 0 Å². The second-order valence-electron chi connectivity index (χ2n) is 4.90. The Balaban J connectivity index is 2.03. The molecule has 2 nitrogen and oxygen atoms in total. The summed E-state index contributed by atoms with van der Waals surface area (Å²) in [6, 6.07) is 7.44. The van der Waals surface area contributed by atoms with Gasteiger partial charge in [0.05, 0.1) is 0 Å². The van der Waals surface area contributed by atoms with E-state index in [4.69, 9.17) is 6.42 Å². The minimum atomic E-state index is -0.805. The van der Waals surface area contributed by atoms with E-state index in [0.717, 1.165) is 16.2 Å². The fourth-order valence-electron chi connectivity index (χ4n) is 2.16. The summed E-state index contributed by atoms with van der Waals surface area (Å²) >= 11 is 1.61. The van der Waals surface area contributed by atoms with Crippen molar-refractivity contribution in [2.45, 2.75) is 19.8 Å². The van der Waals surface area contributed by atoms with Crippen molar-refractivity contribution in [3.05, 3.63) is 58.8 Å². The third-order valence-corrected chi connectivity index (χ3v) is 4.30. The molecule has 4 heteroatoms. The molecule has 0 radical (unpaired) electrons. The Hall–Kier alpha value is -2.51. The quantitative estimate of drug-likeness (QED) is 0.328. The number of allylic oxidation sites excluding steroid dienone is 4. The van der Waals surface area contributed by atoms with E-state index in [2.05, 4.69) is 0 Å². The lowest BCUT2D eigenvalue weighted by atomic mass is 10.0. The van der Waals surface area contributed by atoms with Gasteiger partial charge in [-0.2, -0.15) is 4.39 Å². The summed E-state index contributed by atoms with van der Waals surface area (Å²) in [5.74, 6) is 0.609. The van der Waals surface area contributed by atoms with Gasteiger partial charge in [-0.1, -0.05) is 6.08 Å². The summed E-state index contributed by atoms with van der Waals surface area (Å²) in [6.45, 7) is 1.62. The molecule has 0 aliphatic carbocycles. The molecular weight excluding hydrogens is 311 g/mol. The highest BCUT2D eigenvalue weighted by Crippen LogP contribution is 2.22. The van der Waals surface area contributed by atoms with Crippen LogP contribution < -0.4 is 0 Å². The number of carbonyl (C=O) groups is 2. The molecule has 0 spiro atoms. The Morgan fingerprint density at radius 2 is 2.09 bits per heavy atom. The molecule has 1 aromatic heterocycles. The number of thiophene rings is 1. The van der Waals surface area contributed by atoms with Gasteiger partial charge in [0.2, 0.25) is 0 Å². The van der Waals surface area contributed by atoms with Crippen LogP contribution in [0.2, 0.25) is 0 Å². The molecule has 0 N–H and O–H groups in total. The smallest absolute Gasteiger partial charge is 0.173 e. The molecule has 0 aliphatic heterocycles. The lowest BCUT2D eigenvalue weighted by Crippen LogP contribution is -2.06. The molecule has 116 valence electrons. The zero-order valence-corrected chi connectivity index (χ0v) is 13.5. The number of hydrogen-bond donors (Lipinski definition) is 0. The van der Waals surface area contributed by atoms with E-state index in [1.54, 1.807) is 24.3 Å². The predicted octanol–water partition coefficient (Wildman–Crippen LogP) is 4.87. The Bertz CT molecular complexity index is 850. The van der Waals surface area contributed by atoms with Crippen LogP contribution in [0.25, 0.3) is 10.1 Å². The van der Waals surface area contributed by atoms with Gasteiger partial charge in [-0.05, 0) is 54.0 Å². The van der Waals surface area contributed by atoms with Crippen LogP contribution in [0, 0.1) is 12.3 Å². The van der Waals surface area contributed by atoms with Gasteiger partial charge in [-0.3, -0.25) is 9.59 Å².